The van der Waals surface area contributed by atoms with Crippen LogP contribution < -0.4 is 4.72 Å². The number of nitrogens with one attached hydrogen (secondary N) is 1. The second-order valence-electron chi connectivity index (χ2n) is 3.76. The molecule has 0 aromatic heterocycles. The quantitative estimate of drug-likeness (QED) is 0.427. The molecule has 1 rings (SSSR count). The van der Waals surface area contributed by atoms with Crippen LogP contribution in [-0.4, -0.2) is 31.0 Å². The third-order valence-electron chi connectivity index (χ3n) is 2.27. The molecular weight excluding hydrogens is 356 g/mol. The van der Waals surface area contributed by atoms with Crippen LogP contribution in [0.5, 0.6) is 0 Å². The lowest BCUT2D eigenvalue weighted by molar-refractivity contribution is -0.387. The third-order valence-corrected chi connectivity index (χ3v) is 4.27. The third kappa shape index (κ3) is 4.54. The molecule has 0 atom stereocenters. The molecule has 110 valence electrons. The number of nitro groups is 1. The zero-order valence-electron chi connectivity index (χ0n) is 10.1. The standard InChI is InChI=1S/C10H11BrN2O6S/c11-7-3-4-9(8(6-7)13(16)17)20(18,19)12-5-1-2-10(14)15/h3-4,6,12H,1-2,5H2,(H,14,15). The normalized spacial score (nSPS) is 11.2. The van der Waals surface area contributed by atoms with Crippen LogP contribution in [0, 0.1) is 10.1 Å². The highest BCUT2D eigenvalue weighted by molar-refractivity contribution is 9.10. The maximum atomic E-state index is 11.9. The van der Waals surface area contributed by atoms with E-state index in [4.69, 9.17) is 5.11 Å². The van der Waals surface area contributed by atoms with Crippen molar-refractivity contribution in [2.75, 3.05) is 6.54 Å². The van der Waals surface area contributed by atoms with Crippen LogP contribution in [-0.2, 0) is 14.8 Å². The van der Waals surface area contributed by atoms with Gasteiger partial charge in [-0.1, -0.05) is 15.9 Å². The van der Waals surface area contributed by atoms with Gasteiger partial charge in [0, 0.05) is 23.5 Å². The van der Waals surface area contributed by atoms with Gasteiger partial charge in [0.05, 0.1) is 4.92 Å². The van der Waals surface area contributed by atoms with Crippen molar-refractivity contribution in [2.24, 2.45) is 0 Å². The average Bonchev–Trinajstić information content (AvgIpc) is 2.34. The highest BCUT2D eigenvalue weighted by atomic mass is 79.9. The average molecular weight is 367 g/mol. The summed E-state index contributed by atoms with van der Waals surface area (Å²) in [7, 11) is -4.06. The van der Waals surface area contributed by atoms with Crippen LogP contribution in [0.15, 0.2) is 27.6 Å². The predicted molar refractivity (Wildman–Crippen MR) is 72.9 cm³/mol. The van der Waals surface area contributed by atoms with Crippen molar-refractivity contribution >= 4 is 37.6 Å². The van der Waals surface area contributed by atoms with Gasteiger partial charge in [0.15, 0.2) is 4.90 Å². The van der Waals surface area contributed by atoms with Gasteiger partial charge in [-0.05, 0) is 18.6 Å². The second kappa shape index (κ2) is 6.77. The molecule has 0 fully saturated rings. The number of sulfonamides is 1. The summed E-state index contributed by atoms with van der Waals surface area (Å²) < 4.78 is 26.4. The first-order valence-electron chi connectivity index (χ1n) is 5.39. The number of carbonyl (C=O) groups is 1. The minimum absolute atomic E-state index is 0.0961. The van der Waals surface area contributed by atoms with Crippen molar-refractivity contribution in [3.8, 4) is 0 Å². The first-order chi connectivity index (χ1) is 9.24. The Balaban J connectivity index is 2.92. The molecule has 0 bridgehead atoms. The molecule has 0 spiro atoms. The number of nitrogens with zero attached hydrogens (tertiary/aromatic N) is 1. The van der Waals surface area contributed by atoms with E-state index in [1.165, 1.54) is 6.07 Å². The van der Waals surface area contributed by atoms with E-state index in [0.717, 1.165) is 12.1 Å². The molecule has 1 aromatic carbocycles. The van der Waals surface area contributed by atoms with Crippen molar-refractivity contribution in [1.82, 2.24) is 4.72 Å². The molecule has 0 saturated heterocycles. The minimum Gasteiger partial charge on any atom is -0.481 e. The second-order valence-corrected chi connectivity index (χ2v) is 6.42. The van der Waals surface area contributed by atoms with E-state index in [1.54, 1.807) is 0 Å². The number of hydrogen-bond acceptors (Lipinski definition) is 5. The van der Waals surface area contributed by atoms with Crippen molar-refractivity contribution in [3.63, 3.8) is 0 Å². The Kier molecular flexibility index (Phi) is 5.60. The van der Waals surface area contributed by atoms with E-state index in [9.17, 15) is 23.3 Å². The summed E-state index contributed by atoms with van der Waals surface area (Å²) in [6.45, 7) is -0.109. The lowest BCUT2D eigenvalue weighted by Crippen LogP contribution is -2.26. The zero-order chi connectivity index (χ0) is 15.3. The van der Waals surface area contributed by atoms with E-state index >= 15 is 0 Å². The molecule has 0 heterocycles. The Morgan fingerprint density at radius 1 is 1.45 bits per heavy atom. The summed E-state index contributed by atoms with van der Waals surface area (Å²) in [4.78, 5) is 19.9. The van der Waals surface area contributed by atoms with E-state index in [-0.39, 0.29) is 19.4 Å². The molecule has 1 aromatic rings. The molecule has 0 aliphatic heterocycles. The Labute approximate surface area is 123 Å². The monoisotopic (exact) mass is 366 g/mol. The van der Waals surface area contributed by atoms with Gasteiger partial charge in [0.2, 0.25) is 10.0 Å². The smallest absolute Gasteiger partial charge is 0.303 e. The molecule has 0 aliphatic rings. The molecule has 0 aliphatic carbocycles. The van der Waals surface area contributed by atoms with Crippen molar-refractivity contribution in [1.29, 1.82) is 0 Å². The molecule has 2 N–H and O–H groups in total. The molecule has 10 heteroatoms. The maximum Gasteiger partial charge on any atom is 0.303 e. The fraction of sp³-hybridized carbons (Fsp3) is 0.300. The summed E-state index contributed by atoms with van der Waals surface area (Å²) in [5.41, 5.74) is -0.551. The number of halogens is 1. The molecule has 0 saturated carbocycles. The number of carboxylic acids is 1. The number of benzene rings is 1. The number of nitro benzene ring substituents is 1. The Bertz CT molecular complexity index is 631. The Hall–Kier alpha value is -1.52. The summed E-state index contributed by atoms with van der Waals surface area (Å²) in [5, 5.41) is 19.3. The van der Waals surface area contributed by atoms with Gasteiger partial charge in [-0.25, -0.2) is 13.1 Å². The summed E-state index contributed by atoms with van der Waals surface area (Å²) in [6.07, 6.45) is -0.0934. The number of carboxylic acid groups (broad SMARTS) is 1. The highest BCUT2D eigenvalue weighted by Crippen LogP contribution is 2.27. The van der Waals surface area contributed by atoms with E-state index in [2.05, 4.69) is 20.7 Å². The fourth-order valence-corrected chi connectivity index (χ4v) is 2.96. The topological polar surface area (TPSA) is 127 Å². The Morgan fingerprint density at radius 2 is 2.10 bits per heavy atom. The summed E-state index contributed by atoms with van der Waals surface area (Å²) in [6, 6.07) is 3.58. The first-order valence-corrected chi connectivity index (χ1v) is 7.67. The van der Waals surface area contributed by atoms with Gasteiger partial charge >= 0.3 is 5.97 Å². The molecule has 0 unspecified atom stereocenters. The summed E-state index contributed by atoms with van der Waals surface area (Å²) in [5.74, 6) is -1.04. The number of aliphatic carboxylic acids is 1. The van der Waals surface area contributed by atoms with E-state index in [1.807, 2.05) is 0 Å². The Morgan fingerprint density at radius 3 is 2.65 bits per heavy atom. The van der Waals surface area contributed by atoms with E-state index in [0.29, 0.717) is 4.47 Å². The minimum atomic E-state index is -4.06. The van der Waals surface area contributed by atoms with Crippen LogP contribution >= 0.6 is 15.9 Å². The van der Waals surface area contributed by atoms with Crippen LogP contribution in [0.25, 0.3) is 0 Å². The SMILES string of the molecule is O=C(O)CCCNS(=O)(=O)c1ccc(Br)cc1[N+](=O)[O-]. The lowest BCUT2D eigenvalue weighted by atomic mass is 10.3. The molecule has 0 radical (unpaired) electrons. The lowest BCUT2D eigenvalue weighted by Gasteiger charge is -2.07. The van der Waals surface area contributed by atoms with Crippen LogP contribution in [0.1, 0.15) is 12.8 Å². The summed E-state index contributed by atoms with van der Waals surface area (Å²) >= 11 is 3.03. The highest BCUT2D eigenvalue weighted by Gasteiger charge is 2.25. The fourth-order valence-electron chi connectivity index (χ4n) is 1.38. The maximum absolute atomic E-state index is 11.9. The van der Waals surface area contributed by atoms with Crippen LogP contribution in [0.4, 0.5) is 5.69 Å². The van der Waals surface area contributed by atoms with Gasteiger partial charge in [-0.15, -0.1) is 0 Å². The van der Waals surface area contributed by atoms with Crippen molar-refractivity contribution in [3.05, 3.63) is 32.8 Å². The van der Waals surface area contributed by atoms with Crippen LogP contribution in [0.2, 0.25) is 0 Å². The zero-order valence-corrected chi connectivity index (χ0v) is 12.5. The number of hydrogen-bond donors (Lipinski definition) is 2. The predicted octanol–water partition coefficient (Wildman–Crippen LogP) is 1.50. The van der Waals surface area contributed by atoms with Gasteiger partial charge < -0.3 is 5.11 Å². The largest absolute Gasteiger partial charge is 0.481 e. The molecule has 8 nitrogen and oxygen atoms in total. The van der Waals surface area contributed by atoms with Gasteiger partial charge in [-0.2, -0.15) is 0 Å². The molecule has 0 amide bonds. The van der Waals surface area contributed by atoms with Crippen LogP contribution in [0.3, 0.4) is 0 Å². The van der Waals surface area contributed by atoms with Gasteiger partial charge in [0.1, 0.15) is 0 Å². The van der Waals surface area contributed by atoms with E-state index < -0.39 is 31.5 Å². The van der Waals surface area contributed by atoms with Gasteiger partial charge in [-0.3, -0.25) is 14.9 Å². The molecule has 20 heavy (non-hydrogen) atoms. The van der Waals surface area contributed by atoms with Crippen molar-refractivity contribution in [2.45, 2.75) is 17.7 Å². The van der Waals surface area contributed by atoms with Gasteiger partial charge in [0.25, 0.3) is 5.69 Å². The first kappa shape index (κ1) is 16.5. The molecular formula is C10H11BrN2O6S. The number of rotatable bonds is 7. The van der Waals surface area contributed by atoms with Crippen molar-refractivity contribution < 1.29 is 23.2 Å².